The monoisotopic (exact) mass is 534 g/mol. The number of nitrogens with zero attached hydrogens (tertiary/aromatic N) is 3. The summed E-state index contributed by atoms with van der Waals surface area (Å²) in [5.41, 5.74) is 0.0937. The first-order valence-corrected chi connectivity index (χ1v) is 13.9. The Balaban J connectivity index is 1.29. The molecule has 1 saturated heterocycles. The Hall–Kier alpha value is -2.92. The van der Waals surface area contributed by atoms with Crippen molar-refractivity contribution in [3.05, 3.63) is 59.8 Å². The second-order valence-corrected chi connectivity index (χ2v) is 11.9. The van der Waals surface area contributed by atoms with E-state index in [4.69, 9.17) is 0 Å². The Morgan fingerprint density at radius 2 is 1.81 bits per heavy atom. The molecular weight excluding hydrogens is 505 g/mol. The summed E-state index contributed by atoms with van der Waals surface area (Å²) in [4.78, 5) is 15.3. The van der Waals surface area contributed by atoms with Crippen molar-refractivity contribution >= 4 is 26.8 Å². The first-order valence-electron chi connectivity index (χ1n) is 12.5. The predicted molar refractivity (Wildman–Crippen MR) is 132 cm³/mol. The van der Waals surface area contributed by atoms with Gasteiger partial charge in [0, 0.05) is 37.5 Å². The van der Waals surface area contributed by atoms with Gasteiger partial charge in [-0.25, -0.2) is 8.42 Å². The van der Waals surface area contributed by atoms with Crippen molar-refractivity contribution in [3.8, 4) is 0 Å². The normalized spacial score (nSPS) is 18.1. The fraction of sp³-hybridized carbons (Fsp3) is 0.462. The number of alkyl halides is 3. The highest BCUT2D eigenvalue weighted by Gasteiger charge is 2.37. The molecule has 2 heterocycles. The molecule has 1 saturated carbocycles. The Morgan fingerprint density at radius 1 is 1.08 bits per heavy atom. The van der Waals surface area contributed by atoms with E-state index in [1.807, 2.05) is 0 Å². The summed E-state index contributed by atoms with van der Waals surface area (Å²) in [6.07, 6.45) is 0.702. The number of benzene rings is 2. The number of H-pyrrole nitrogens is 1. The van der Waals surface area contributed by atoms with Crippen molar-refractivity contribution in [3.63, 3.8) is 0 Å². The highest BCUT2D eigenvalue weighted by Crippen LogP contribution is 2.35. The average Bonchev–Trinajstić information content (AvgIpc) is 3.33. The van der Waals surface area contributed by atoms with Crippen molar-refractivity contribution in [1.82, 2.24) is 19.4 Å². The van der Waals surface area contributed by atoms with Gasteiger partial charge in [-0.3, -0.25) is 9.89 Å². The molecule has 1 aliphatic heterocycles. The van der Waals surface area contributed by atoms with Crippen LogP contribution in [0.15, 0.2) is 53.6 Å². The third-order valence-electron chi connectivity index (χ3n) is 7.55. The largest absolute Gasteiger partial charge is 0.416 e. The number of carbonyl (C=O) groups is 1. The fourth-order valence-electron chi connectivity index (χ4n) is 5.19. The van der Waals surface area contributed by atoms with E-state index in [1.165, 1.54) is 22.5 Å². The van der Waals surface area contributed by atoms with Crippen molar-refractivity contribution in [2.75, 3.05) is 19.6 Å². The highest BCUT2D eigenvalue weighted by atomic mass is 32.2. The number of fused-ring (bicyclic) bond motifs is 1. The van der Waals surface area contributed by atoms with E-state index in [0.29, 0.717) is 30.7 Å². The maximum Gasteiger partial charge on any atom is 0.416 e. The lowest BCUT2D eigenvalue weighted by molar-refractivity contribution is -0.142. The molecule has 0 radical (unpaired) electrons. The molecule has 5 rings (SSSR count). The average molecular weight is 535 g/mol. The zero-order chi connectivity index (χ0) is 26.2. The Kier molecular flexibility index (Phi) is 7.01. The Bertz CT molecular complexity index is 1380. The first-order chi connectivity index (χ1) is 17.6. The SMILES string of the molecule is O=C(C1CCN(S(=O)(=O)c2ccc3[nH]ncc3c2)CC1)N(Cc1ccccc1C(F)(F)F)CC1CCC1. The van der Waals surface area contributed by atoms with E-state index in [-0.39, 0.29) is 36.0 Å². The van der Waals surface area contributed by atoms with Crippen molar-refractivity contribution in [1.29, 1.82) is 0 Å². The summed E-state index contributed by atoms with van der Waals surface area (Å²) in [7, 11) is -3.74. The van der Waals surface area contributed by atoms with Gasteiger partial charge in [0.05, 0.1) is 22.2 Å². The van der Waals surface area contributed by atoms with Crippen LogP contribution in [-0.2, 0) is 27.5 Å². The van der Waals surface area contributed by atoms with Gasteiger partial charge in [-0.15, -0.1) is 0 Å². The van der Waals surface area contributed by atoms with Gasteiger partial charge < -0.3 is 4.90 Å². The number of rotatable bonds is 7. The molecule has 2 fully saturated rings. The summed E-state index contributed by atoms with van der Waals surface area (Å²) in [6.45, 7) is 0.680. The minimum Gasteiger partial charge on any atom is -0.338 e. The van der Waals surface area contributed by atoms with E-state index in [9.17, 15) is 26.4 Å². The molecular formula is C26H29F3N4O3S. The molecule has 198 valence electrons. The minimum atomic E-state index is -4.50. The van der Waals surface area contributed by atoms with Crippen LogP contribution in [0.25, 0.3) is 10.9 Å². The van der Waals surface area contributed by atoms with Gasteiger partial charge in [-0.2, -0.15) is 22.6 Å². The van der Waals surface area contributed by atoms with Gasteiger partial charge in [0.25, 0.3) is 0 Å². The molecule has 11 heteroatoms. The number of aromatic nitrogens is 2. The molecule has 1 aromatic heterocycles. The van der Waals surface area contributed by atoms with Crippen LogP contribution in [0.4, 0.5) is 13.2 Å². The number of amides is 1. The zero-order valence-corrected chi connectivity index (χ0v) is 21.1. The third-order valence-corrected chi connectivity index (χ3v) is 9.45. The lowest BCUT2D eigenvalue weighted by Gasteiger charge is -2.37. The van der Waals surface area contributed by atoms with Crippen LogP contribution in [0.5, 0.6) is 0 Å². The molecule has 2 aromatic carbocycles. The van der Waals surface area contributed by atoms with Gasteiger partial charge in [-0.05, 0) is 61.4 Å². The van der Waals surface area contributed by atoms with Crippen molar-refractivity contribution in [2.45, 2.75) is 49.7 Å². The standard InChI is InChI=1S/C26H29F3N4O3S/c27-26(28,29)23-7-2-1-6-20(23)17-32(16-18-4-3-5-18)25(34)19-10-12-33(13-11-19)37(35,36)22-8-9-24-21(14-22)15-30-31-24/h1-2,6-9,14-15,18-19H,3-5,10-13,16-17H2,(H,30,31). The molecule has 0 bridgehead atoms. The van der Waals surface area contributed by atoms with Gasteiger partial charge in [0.1, 0.15) is 0 Å². The number of aromatic amines is 1. The summed E-state index contributed by atoms with van der Waals surface area (Å²) in [5, 5.41) is 7.41. The van der Waals surface area contributed by atoms with Gasteiger partial charge in [-0.1, -0.05) is 24.6 Å². The first kappa shape index (κ1) is 25.7. The smallest absolute Gasteiger partial charge is 0.338 e. The predicted octanol–water partition coefficient (Wildman–Crippen LogP) is 4.81. The second kappa shape index (κ2) is 10.1. The molecule has 3 aromatic rings. The van der Waals surface area contributed by atoms with E-state index in [0.717, 1.165) is 30.8 Å². The molecule has 1 aliphatic carbocycles. The fourth-order valence-corrected chi connectivity index (χ4v) is 6.70. The van der Waals surface area contributed by atoms with Crippen LogP contribution in [0.3, 0.4) is 0 Å². The number of sulfonamides is 1. The van der Waals surface area contributed by atoms with E-state index in [2.05, 4.69) is 10.2 Å². The number of hydrogen-bond donors (Lipinski definition) is 1. The molecule has 2 aliphatic rings. The van der Waals surface area contributed by atoms with Crippen LogP contribution in [0.2, 0.25) is 0 Å². The zero-order valence-electron chi connectivity index (χ0n) is 20.2. The summed E-state index contributed by atoms with van der Waals surface area (Å²) >= 11 is 0. The molecule has 0 spiro atoms. The van der Waals surface area contributed by atoms with Gasteiger partial charge in [0.15, 0.2) is 0 Å². The summed E-state index contributed by atoms with van der Waals surface area (Å²) < 4.78 is 68.6. The number of nitrogens with one attached hydrogen (secondary N) is 1. The summed E-state index contributed by atoms with van der Waals surface area (Å²) in [6, 6.07) is 10.2. The highest BCUT2D eigenvalue weighted by molar-refractivity contribution is 7.89. The Labute approximate surface area is 213 Å². The number of piperidine rings is 1. The van der Waals surface area contributed by atoms with Crippen LogP contribution in [-0.4, -0.2) is 53.4 Å². The Morgan fingerprint density at radius 3 is 2.49 bits per heavy atom. The van der Waals surface area contributed by atoms with Crippen LogP contribution >= 0.6 is 0 Å². The third kappa shape index (κ3) is 5.38. The lowest BCUT2D eigenvalue weighted by Crippen LogP contribution is -2.46. The molecule has 0 atom stereocenters. The maximum absolute atomic E-state index is 13.6. The molecule has 7 nitrogen and oxygen atoms in total. The van der Waals surface area contributed by atoms with Crippen LogP contribution < -0.4 is 0 Å². The van der Waals surface area contributed by atoms with Gasteiger partial charge in [0.2, 0.25) is 15.9 Å². The van der Waals surface area contributed by atoms with Crippen LogP contribution in [0.1, 0.15) is 43.2 Å². The molecule has 0 unspecified atom stereocenters. The quantitative estimate of drug-likeness (QED) is 0.471. The van der Waals surface area contributed by atoms with Crippen LogP contribution in [0, 0.1) is 11.8 Å². The van der Waals surface area contributed by atoms with E-state index < -0.39 is 27.7 Å². The molecule has 1 N–H and O–H groups in total. The molecule has 1 amide bonds. The summed E-state index contributed by atoms with van der Waals surface area (Å²) in [5.74, 6) is -0.332. The second-order valence-electron chi connectivity index (χ2n) is 9.97. The van der Waals surface area contributed by atoms with E-state index >= 15 is 0 Å². The van der Waals surface area contributed by atoms with Crippen molar-refractivity contribution in [2.24, 2.45) is 11.8 Å². The maximum atomic E-state index is 13.6. The minimum absolute atomic E-state index is 0.0809. The topological polar surface area (TPSA) is 86.4 Å². The van der Waals surface area contributed by atoms with Gasteiger partial charge >= 0.3 is 6.18 Å². The number of carbonyl (C=O) groups excluding carboxylic acids is 1. The number of halogens is 3. The number of hydrogen-bond acceptors (Lipinski definition) is 4. The lowest BCUT2D eigenvalue weighted by atomic mass is 9.84. The van der Waals surface area contributed by atoms with E-state index in [1.54, 1.807) is 29.3 Å². The van der Waals surface area contributed by atoms with Crippen molar-refractivity contribution < 1.29 is 26.4 Å². The molecule has 37 heavy (non-hydrogen) atoms.